The van der Waals surface area contributed by atoms with Crippen LogP contribution in [0.2, 0.25) is 0 Å². The number of rotatable bonds is 1. The van der Waals surface area contributed by atoms with Gasteiger partial charge in [0.2, 0.25) is 5.95 Å². The van der Waals surface area contributed by atoms with Gasteiger partial charge in [-0.15, -0.1) is 11.3 Å². The van der Waals surface area contributed by atoms with E-state index in [0.29, 0.717) is 13.1 Å². The van der Waals surface area contributed by atoms with Crippen molar-refractivity contribution in [2.75, 3.05) is 5.73 Å². The van der Waals surface area contributed by atoms with Crippen molar-refractivity contribution in [2.45, 2.75) is 20.0 Å². The Morgan fingerprint density at radius 1 is 1.44 bits per heavy atom. The maximum Gasteiger partial charge on any atom is 0.264 e. The molecule has 2 aromatic heterocycles. The van der Waals surface area contributed by atoms with Gasteiger partial charge in [0.25, 0.3) is 5.91 Å². The first-order valence-electron chi connectivity index (χ1n) is 5.59. The predicted molar refractivity (Wildman–Crippen MR) is 69.1 cm³/mol. The zero-order chi connectivity index (χ0) is 12.7. The van der Waals surface area contributed by atoms with Crippen LogP contribution in [-0.4, -0.2) is 20.8 Å². The van der Waals surface area contributed by atoms with Gasteiger partial charge in [-0.25, -0.2) is 9.97 Å². The van der Waals surface area contributed by atoms with Crippen LogP contribution in [0.15, 0.2) is 18.3 Å². The average molecular weight is 260 g/mol. The third kappa shape index (κ3) is 1.84. The van der Waals surface area contributed by atoms with Gasteiger partial charge in [-0.1, -0.05) is 0 Å². The molecule has 6 heteroatoms. The standard InChI is InChI=1S/C12H12N4OS/c1-7-2-3-10(18-7)11(17)16-5-8-4-14-12(13)15-9(8)6-16/h2-4H,5-6H2,1H3,(H2,13,14,15). The molecule has 1 aliphatic rings. The summed E-state index contributed by atoms with van der Waals surface area (Å²) in [7, 11) is 0. The fourth-order valence-corrected chi connectivity index (χ4v) is 2.85. The lowest BCUT2D eigenvalue weighted by Gasteiger charge is -2.13. The van der Waals surface area contributed by atoms with Gasteiger partial charge in [0.05, 0.1) is 17.1 Å². The van der Waals surface area contributed by atoms with Gasteiger partial charge in [0.1, 0.15) is 0 Å². The molecule has 0 atom stereocenters. The number of anilines is 1. The van der Waals surface area contributed by atoms with Gasteiger partial charge < -0.3 is 10.6 Å². The molecule has 1 aliphatic heterocycles. The highest BCUT2D eigenvalue weighted by atomic mass is 32.1. The van der Waals surface area contributed by atoms with Crippen LogP contribution in [0.1, 0.15) is 25.8 Å². The maximum atomic E-state index is 12.3. The molecule has 0 radical (unpaired) electrons. The summed E-state index contributed by atoms with van der Waals surface area (Å²) in [6.45, 7) is 3.07. The number of aryl methyl sites for hydroxylation is 1. The highest BCUT2D eigenvalue weighted by Crippen LogP contribution is 2.25. The third-order valence-corrected chi connectivity index (χ3v) is 3.90. The van der Waals surface area contributed by atoms with Crippen LogP contribution >= 0.6 is 11.3 Å². The van der Waals surface area contributed by atoms with Gasteiger partial charge in [0, 0.05) is 23.2 Å². The first kappa shape index (κ1) is 11.2. The topological polar surface area (TPSA) is 72.1 Å². The molecule has 0 unspecified atom stereocenters. The van der Waals surface area contributed by atoms with Gasteiger partial charge in [0.15, 0.2) is 0 Å². The number of nitrogens with two attached hydrogens (primary N) is 1. The Kier molecular flexibility index (Phi) is 2.52. The highest BCUT2D eigenvalue weighted by Gasteiger charge is 2.26. The predicted octanol–water partition coefficient (Wildman–Crippen LogP) is 1.58. The normalized spacial score (nSPS) is 13.7. The van der Waals surface area contributed by atoms with Crippen molar-refractivity contribution in [2.24, 2.45) is 0 Å². The van der Waals surface area contributed by atoms with Crippen molar-refractivity contribution in [3.8, 4) is 0 Å². The Labute approximate surface area is 108 Å². The number of nitrogen functional groups attached to an aromatic ring is 1. The van der Waals surface area contributed by atoms with Crippen molar-refractivity contribution in [3.05, 3.63) is 39.3 Å². The quantitative estimate of drug-likeness (QED) is 0.845. The second-order valence-corrected chi connectivity index (χ2v) is 5.56. The molecule has 3 heterocycles. The second kappa shape index (κ2) is 4.06. The van der Waals surface area contributed by atoms with E-state index < -0.39 is 0 Å². The van der Waals surface area contributed by atoms with Crippen molar-refractivity contribution in [1.29, 1.82) is 0 Å². The number of hydrogen-bond acceptors (Lipinski definition) is 5. The van der Waals surface area contributed by atoms with E-state index in [2.05, 4.69) is 9.97 Å². The van der Waals surface area contributed by atoms with Crippen molar-refractivity contribution in [3.63, 3.8) is 0 Å². The molecule has 2 aromatic rings. The fraction of sp³-hybridized carbons (Fsp3) is 0.250. The van der Waals surface area contributed by atoms with Crippen LogP contribution in [0, 0.1) is 6.92 Å². The van der Waals surface area contributed by atoms with E-state index in [-0.39, 0.29) is 11.9 Å². The number of fused-ring (bicyclic) bond motifs is 1. The summed E-state index contributed by atoms with van der Waals surface area (Å²) in [5.41, 5.74) is 7.37. The molecular weight excluding hydrogens is 248 g/mol. The first-order chi connectivity index (χ1) is 8.63. The number of aromatic nitrogens is 2. The minimum atomic E-state index is 0.0460. The molecule has 0 aromatic carbocycles. The largest absolute Gasteiger partial charge is 0.368 e. The van der Waals surface area contributed by atoms with Gasteiger partial charge >= 0.3 is 0 Å². The minimum absolute atomic E-state index is 0.0460. The summed E-state index contributed by atoms with van der Waals surface area (Å²) in [5, 5.41) is 0. The molecule has 92 valence electrons. The molecule has 5 nitrogen and oxygen atoms in total. The third-order valence-electron chi connectivity index (χ3n) is 2.91. The first-order valence-corrected chi connectivity index (χ1v) is 6.41. The summed E-state index contributed by atoms with van der Waals surface area (Å²) in [6, 6.07) is 3.82. The lowest BCUT2D eigenvalue weighted by Crippen LogP contribution is -2.24. The average Bonchev–Trinajstić information content (AvgIpc) is 2.93. The van der Waals surface area contributed by atoms with Gasteiger partial charge in [-0.3, -0.25) is 4.79 Å². The van der Waals surface area contributed by atoms with Crippen molar-refractivity contribution < 1.29 is 4.79 Å². The molecule has 0 bridgehead atoms. The van der Waals surface area contributed by atoms with Gasteiger partial charge in [-0.05, 0) is 19.1 Å². The summed E-state index contributed by atoms with van der Waals surface area (Å²) < 4.78 is 0. The number of carbonyl (C=O) groups excluding carboxylic acids is 1. The molecule has 0 saturated carbocycles. The Balaban J connectivity index is 1.83. The molecule has 3 rings (SSSR count). The minimum Gasteiger partial charge on any atom is -0.368 e. The lowest BCUT2D eigenvalue weighted by atomic mass is 10.3. The van der Waals surface area contributed by atoms with E-state index in [1.165, 1.54) is 11.3 Å². The van der Waals surface area contributed by atoms with Crippen LogP contribution in [0.5, 0.6) is 0 Å². The molecule has 1 amide bonds. The summed E-state index contributed by atoms with van der Waals surface area (Å²) >= 11 is 1.51. The SMILES string of the molecule is Cc1ccc(C(=O)N2Cc3cnc(N)nc3C2)s1. The zero-order valence-corrected chi connectivity index (χ0v) is 10.7. The Morgan fingerprint density at radius 3 is 3.00 bits per heavy atom. The van der Waals surface area contributed by atoms with E-state index in [9.17, 15) is 4.79 Å². The summed E-state index contributed by atoms with van der Waals surface area (Å²) in [6.07, 6.45) is 1.70. The fourth-order valence-electron chi connectivity index (χ4n) is 2.02. The van der Waals surface area contributed by atoms with Crippen LogP contribution in [0.3, 0.4) is 0 Å². The van der Waals surface area contributed by atoms with Crippen LogP contribution < -0.4 is 5.73 Å². The molecule has 0 fully saturated rings. The number of amides is 1. The van der Waals surface area contributed by atoms with Crippen molar-refractivity contribution >= 4 is 23.2 Å². The molecule has 2 N–H and O–H groups in total. The van der Waals surface area contributed by atoms with Crippen molar-refractivity contribution in [1.82, 2.24) is 14.9 Å². The van der Waals surface area contributed by atoms with E-state index in [1.807, 2.05) is 19.1 Å². The Bertz CT molecular complexity index is 622. The molecule has 0 aliphatic carbocycles. The monoisotopic (exact) mass is 260 g/mol. The smallest absolute Gasteiger partial charge is 0.264 e. The number of hydrogen-bond donors (Lipinski definition) is 1. The summed E-state index contributed by atoms with van der Waals surface area (Å²) in [4.78, 5) is 24.1. The molecule has 0 saturated heterocycles. The van der Waals surface area contributed by atoms with E-state index in [0.717, 1.165) is 21.0 Å². The van der Waals surface area contributed by atoms with E-state index in [4.69, 9.17) is 5.73 Å². The van der Waals surface area contributed by atoms with E-state index >= 15 is 0 Å². The van der Waals surface area contributed by atoms with Crippen LogP contribution in [0.4, 0.5) is 5.95 Å². The molecular formula is C12H12N4OS. The number of nitrogens with zero attached hydrogens (tertiary/aromatic N) is 3. The van der Waals surface area contributed by atoms with Crippen LogP contribution in [0.25, 0.3) is 0 Å². The number of thiophene rings is 1. The highest BCUT2D eigenvalue weighted by molar-refractivity contribution is 7.13. The van der Waals surface area contributed by atoms with Gasteiger partial charge in [-0.2, -0.15) is 0 Å². The molecule has 0 spiro atoms. The van der Waals surface area contributed by atoms with E-state index in [1.54, 1.807) is 11.1 Å². The molecule has 18 heavy (non-hydrogen) atoms. The zero-order valence-electron chi connectivity index (χ0n) is 9.88. The lowest BCUT2D eigenvalue weighted by molar-refractivity contribution is 0.0755. The summed E-state index contributed by atoms with van der Waals surface area (Å²) in [5.74, 6) is 0.305. The Morgan fingerprint density at radius 2 is 2.28 bits per heavy atom. The second-order valence-electron chi connectivity index (χ2n) is 4.27. The number of carbonyl (C=O) groups is 1. The Hall–Kier alpha value is -1.95. The maximum absolute atomic E-state index is 12.3. The van der Waals surface area contributed by atoms with Crippen LogP contribution in [-0.2, 0) is 13.1 Å².